The normalized spacial score (nSPS) is 19.5. The van der Waals surface area contributed by atoms with Crippen LogP contribution in [0.15, 0.2) is 11.0 Å². The molecule has 1 aromatic rings. The van der Waals surface area contributed by atoms with Gasteiger partial charge in [0.15, 0.2) is 0 Å². The quantitative estimate of drug-likeness (QED) is 0.777. The molecule has 1 N–H and O–H groups in total. The largest absolute Gasteiger partial charge is 0.461 e. The van der Waals surface area contributed by atoms with Crippen LogP contribution in [0.4, 0.5) is 0 Å². The van der Waals surface area contributed by atoms with Gasteiger partial charge in [-0.25, -0.2) is 13.2 Å². The Bertz CT molecular complexity index is 738. The molecule has 9 heteroatoms. The van der Waals surface area contributed by atoms with Crippen molar-refractivity contribution in [2.75, 3.05) is 19.7 Å². The van der Waals surface area contributed by atoms with Gasteiger partial charge in [-0.05, 0) is 26.8 Å². The van der Waals surface area contributed by atoms with Gasteiger partial charge in [-0.3, -0.25) is 4.79 Å². The van der Waals surface area contributed by atoms with Crippen LogP contribution in [0, 0.1) is 6.92 Å². The highest BCUT2D eigenvalue weighted by Crippen LogP contribution is 2.24. The molecule has 0 bridgehead atoms. The fourth-order valence-electron chi connectivity index (χ4n) is 2.55. The molecule has 23 heavy (non-hydrogen) atoms. The summed E-state index contributed by atoms with van der Waals surface area (Å²) in [7, 11) is -2.26. The van der Waals surface area contributed by atoms with Gasteiger partial charge in [0.25, 0.3) is 0 Å². The molecule has 128 valence electrons. The fourth-order valence-corrected chi connectivity index (χ4v) is 4.31. The van der Waals surface area contributed by atoms with Crippen LogP contribution in [-0.2, 0) is 26.6 Å². The van der Waals surface area contributed by atoms with Gasteiger partial charge < -0.3 is 14.6 Å². The van der Waals surface area contributed by atoms with Crippen molar-refractivity contribution in [2.45, 2.75) is 31.7 Å². The summed E-state index contributed by atoms with van der Waals surface area (Å²) in [5.74, 6) is -0.921. The van der Waals surface area contributed by atoms with Crippen molar-refractivity contribution in [3.63, 3.8) is 0 Å². The molecule has 0 radical (unpaired) electrons. The molecule has 0 aliphatic carbocycles. The molecule has 2 heterocycles. The topological polar surface area (TPSA) is 97.7 Å². The van der Waals surface area contributed by atoms with E-state index in [0.29, 0.717) is 5.69 Å². The first-order valence-electron chi connectivity index (χ1n) is 7.31. The Morgan fingerprint density at radius 1 is 1.48 bits per heavy atom. The van der Waals surface area contributed by atoms with Crippen LogP contribution < -0.4 is 5.32 Å². The van der Waals surface area contributed by atoms with Gasteiger partial charge in [-0.15, -0.1) is 0 Å². The summed E-state index contributed by atoms with van der Waals surface area (Å²) in [6, 6.07) is 1.04. The second-order valence-corrected chi connectivity index (χ2v) is 7.43. The van der Waals surface area contributed by atoms with E-state index in [-0.39, 0.29) is 42.2 Å². The van der Waals surface area contributed by atoms with Crippen LogP contribution in [-0.4, -0.2) is 54.9 Å². The van der Waals surface area contributed by atoms with E-state index in [9.17, 15) is 18.0 Å². The maximum atomic E-state index is 12.8. The van der Waals surface area contributed by atoms with Gasteiger partial charge in [-0.1, -0.05) is 0 Å². The molecule has 1 fully saturated rings. The number of rotatable bonds is 4. The standard InChI is InChI=1S/C14H21N3O5S/c1-5-22-14(19)11-6-12(10(3)16(11)4)23(20,21)17-7-9(2)15-13(18)8-17/h6,9H,5,7-8H2,1-4H3,(H,15,18)/t9-/m0/s1. The lowest BCUT2D eigenvalue weighted by Gasteiger charge is -2.30. The Labute approximate surface area is 135 Å². The Morgan fingerprint density at radius 3 is 2.70 bits per heavy atom. The van der Waals surface area contributed by atoms with Gasteiger partial charge in [0.1, 0.15) is 10.6 Å². The minimum atomic E-state index is -3.86. The molecule has 1 saturated heterocycles. The Balaban J connectivity index is 2.42. The van der Waals surface area contributed by atoms with Crippen LogP contribution in [0.5, 0.6) is 0 Å². The van der Waals surface area contributed by atoms with Crippen molar-refractivity contribution in [2.24, 2.45) is 7.05 Å². The van der Waals surface area contributed by atoms with Crippen LogP contribution in [0.1, 0.15) is 30.0 Å². The predicted molar refractivity (Wildman–Crippen MR) is 82.5 cm³/mol. The number of hydrogen-bond acceptors (Lipinski definition) is 5. The number of esters is 1. The maximum Gasteiger partial charge on any atom is 0.354 e. The second kappa shape index (κ2) is 6.32. The third-order valence-corrected chi connectivity index (χ3v) is 5.72. The van der Waals surface area contributed by atoms with E-state index in [1.165, 1.54) is 10.6 Å². The first-order chi connectivity index (χ1) is 10.7. The smallest absolute Gasteiger partial charge is 0.354 e. The fraction of sp³-hybridized carbons (Fsp3) is 0.571. The van der Waals surface area contributed by atoms with Crippen molar-refractivity contribution >= 4 is 21.9 Å². The SMILES string of the molecule is CCOC(=O)c1cc(S(=O)(=O)N2CC(=O)N[C@@H](C)C2)c(C)n1C. The van der Waals surface area contributed by atoms with Crippen molar-refractivity contribution in [1.82, 2.24) is 14.2 Å². The first-order valence-corrected chi connectivity index (χ1v) is 8.75. The Morgan fingerprint density at radius 2 is 2.13 bits per heavy atom. The van der Waals surface area contributed by atoms with Gasteiger partial charge in [0.05, 0.1) is 13.2 Å². The number of nitrogens with one attached hydrogen (secondary N) is 1. The molecule has 0 saturated carbocycles. The van der Waals surface area contributed by atoms with Crippen LogP contribution in [0.25, 0.3) is 0 Å². The van der Waals surface area contributed by atoms with E-state index in [4.69, 9.17) is 4.74 Å². The molecule has 1 aromatic heterocycles. The summed E-state index contributed by atoms with van der Waals surface area (Å²) in [6.45, 7) is 5.20. The van der Waals surface area contributed by atoms with Crippen molar-refractivity contribution < 1.29 is 22.7 Å². The third kappa shape index (κ3) is 3.25. The van der Waals surface area contributed by atoms with Gasteiger partial charge >= 0.3 is 5.97 Å². The second-order valence-electron chi connectivity index (χ2n) is 5.52. The van der Waals surface area contributed by atoms with E-state index in [1.807, 2.05) is 0 Å². The molecular formula is C14H21N3O5S. The van der Waals surface area contributed by atoms with E-state index in [0.717, 1.165) is 4.31 Å². The summed E-state index contributed by atoms with van der Waals surface area (Å²) < 4.78 is 33.2. The highest BCUT2D eigenvalue weighted by molar-refractivity contribution is 7.89. The van der Waals surface area contributed by atoms with Crippen molar-refractivity contribution in [1.29, 1.82) is 0 Å². The van der Waals surface area contributed by atoms with E-state index in [1.54, 1.807) is 27.8 Å². The molecule has 8 nitrogen and oxygen atoms in total. The molecule has 1 aliphatic heterocycles. The Hall–Kier alpha value is -1.87. The Kier molecular flexibility index (Phi) is 4.81. The van der Waals surface area contributed by atoms with Gasteiger partial charge in [-0.2, -0.15) is 4.31 Å². The summed E-state index contributed by atoms with van der Waals surface area (Å²) in [5, 5.41) is 2.67. The van der Waals surface area contributed by atoms with E-state index >= 15 is 0 Å². The minimum absolute atomic E-state index is 0.0185. The zero-order chi connectivity index (χ0) is 17.4. The molecule has 1 aliphatic rings. The summed E-state index contributed by atoms with van der Waals surface area (Å²) >= 11 is 0. The molecule has 2 rings (SSSR count). The molecule has 1 amide bonds. The molecule has 0 spiro atoms. The lowest BCUT2D eigenvalue weighted by molar-refractivity contribution is -0.123. The van der Waals surface area contributed by atoms with Crippen molar-refractivity contribution in [3.8, 4) is 0 Å². The number of ether oxygens (including phenoxy) is 1. The first kappa shape index (κ1) is 17.5. The number of sulfonamides is 1. The average Bonchev–Trinajstić information content (AvgIpc) is 2.75. The van der Waals surface area contributed by atoms with Crippen LogP contribution >= 0.6 is 0 Å². The minimum Gasteiger partial charge on any atom is -0.461 e. The van der Waals surface area contributed by atoms with Crippen molar-refractivity contribution in [3.05, 3.63) is 17.5 Å². The maximum absolute atomic E-state index is 12.8. The third-order valence-electron chi connectivity index (χ3n) is 3.80. The lowest BCUT2D eigenvalue weighted by Crippen LogP contribution is -2.54. The summed E-state index contributed by atoms with van der Waals surface area (Å²) in [5.41, 5.74) is 0.587. The van der Waals surface area contributed by atoms with E-state index < -0.39 is 16.0 Å². The highest BCUT2D eigenvalue weighted by Gasteiger charge is 2.35. The highest BCUT2D eigenvalue weighted by atomic mass is 32.2. The number of hydrogen-bond donors (Lipinski definition) is 1. The van der Waals surface area contributed by atoms with Crippen LogP contribution in [0.3, 0.4) is 0 Å². The molecule has 0 unspecified atom stereocenters. The number of amides is 1. The number of aromatic nitrogens is 1. The molecule has 0 aromatic carbocycles. The zero-order valence-corrected chi connectivity index (χ0v) is 14.4. The van der Waals surface area contributed by atoms with E-state index in [2.05, 4.69) is 5.32 Å². The zero-order valence-electron chi connectivity index (χ0n) is 13.6. The molecular weight excluding hydrogens is 322 g/mol. The summed E-state index contributed by atoms with van der Waals surface area (Å²) in [4.78, 5) is 23.6. The molecule has 1 atom stereocenters. The lowest BCUT2D eigenvalue weighted by atomic mass is 10.3. The number of piperazine rings is 1. The number of carbonyl (C=O) groups is 2. The predicted octanol–water partition coefficient (Wildman–Crippen LogP) is 0.0192. The average molecular weight is 343 g/mol. The number of carbonyl (C=O) groups excluding carboxylic acids is 2. The number of nitrogens with zero attached hydrogens (tertiary/aromatic N) is 2. The summed E-state index contributed by atoms with van der Waals surface area (Å²) in [6.07, 6.45) is 0. The van der Waals surface area contributed by atoms with Gasteiger partial charge in [0.2, 0.25) is 15.9 Å². The monoisotopic (exact) mass is 343 g/mol. The van der Waals surface area contributed by atoms with Crippen LogP contribution in [0.2, 0.25) is 0 Å². The van der Waals surface area contributed by atoms with Gasteiger partial charge in [0, 0.05) is 25.3 Å².